The van der Waals surface area contributed by atoms with Gasteiger partial charge in [0.05, 0.1) is 4.88 Å². The van der Waals surface area contributed by atoms with Crippen LogP contribution in [0.2, 0.25) is 0 Å². The number of benzene rings is 1. The first-order valence-corrected chi connectivity index (χ1v) is 6.40. The molecule has 1 aromatic carbocycles. The summed E-state index contributed by atoms with van der Waals surface area (Å²) in [5, 5.41) is 1.88. The highest BCUT2D eigenvalue weighted by molar-refractivity contribution is 9.10. The largest absolute Gasteiger partial charge is 0.398 e. The van der Waals surface area contributed by atoms with Gasteiger partial charge in [0.25, 0.3) is 0 Å². The molecule has 0 aliphatic heterocycles. The summed E-state index contributed by atoms with van der Waals surface area (Å²) in [6.45, 7) is 1.92. The Morgan fingerprint density at radius 1 is 1.38 bits per heavy atom. The van der Waals surface area contributed by atoms with Gasteiger partial charge in [0.1, 0.15) is 0 Å². The third kappa shape index (κ3) is 2.03. The SMILES string of the molecule is Cc1ccc(C(=O)c2sccc2Br)cc1N. The molecule has 2 N–H and O–H groups in total. The van der Waals surface area contributed by atoms with Crippen LogP contribution in [0.1, 0.15) is 20.8 Å². The molecule has 0 aliphatic rings. The highest BCUT2D eigenvalue weighted by Crippen LogP contribution is 2.26. The van der Waals surface area contributed by atoms with Gasteiger partial charge in [-0.3, -0.25) is 4.79 Å². The normalized spacial score (nSPS) is 10.4. The topological polar surface area (TPSA) is 43.1 Å². The second kappa shape index (κ2) is 4.39. The van der Waals surface area contributed by atoms with Crippen molar-refractivity contribution in [1.29, 1.82) is 0 Å². The van der Waals surface area contributed by atoms with E-state index in [0.29, 0.717) is 16.1 Å². The minimum atomic E-state index is 0.00794. The number of aryl methyl sites for hydroxylation is 1. The lowest BCUT2D eigenvalue weighted by molar-refractivity contribution is 0.104. The van der Waals surface area contributed by atoms with E-state index >= 15 is 0 Å². The first-order chi connectivity index (χ1) is 7.59. The molecule has 0 spiro atoms. The van der Waals surface area contributed by atoms with E-state index in [1.807, 2.05) is 24.4 Å². The monoisotopic (exact) mass is 295 g/mol. The number of thiophene rings is 1. The zero-order valence-corrected chi connectivity index (χ0v) is 11.1. The molecule has 0 fully saturated rings. The smallest absolute Gasteiger partial charge is 0.204 e. The van der Waals surface area contributed by atoms with E-state index < -0.39 is 0 Å². The molecule has 2 nitrogen and oxygen atoms in total. The van der Waals surface area contributed by atoms with Crippen LogP contribution in [0.5, 0.6) is 0 Å². The Balaban J connectivity index is 2.42. The standard InChI is InChI=1S/C12H10BrNOS/c1-7-2-3-8(6-10(7)14)11(15)12-9(13)4-5-16-12/h2-6H,14H2,1H3. The maximum Gasteiger partial charge on any atom is 0.204 e. The predicted molar refractivity (Wildman–Crippen MR) is 71.0 cm³/mol. The predicted octanol–water partition coefficient (Wildman–Crippen LogP) is 3.63. The van der Waals surface area contributed by atoms with Crippen molar-refractivity contribution in [1.82, 2.24) is 0 Å². The van der Waals surface area contributed by atoms with Crippen molar-refractivity contribution in [2.75, 3.05) is 5.73 Å². The van der Waals surface area contributed by atoms with Crippen molar-refractivity contribution >= 4 is 38.7 Å². The lowest BCUT2D eigenvalue weighted by atomic mass is 10.1. The summed E-state index contributed by atoms with van der Waals surface area (Å²) >= 11 is 4.78. The molecule has 2 rings (SSSR count). The summed E-state index contributed by atoms with van der Waals surface area (Å²) in [6, 6.07) is 7.27. The van der Waals surface area contributed by atoms with Crippen LogP contribution in [0.4, 0.5) is 5.69 Å². The van der Waals surface area contributed by atoms with Crippen LogP contribution in [0, 0.1) is 6.92 Å². The molecular formula is C12H10BrNOS. The Labute approximate surface area is 106 Å². The Morgan fingerprint density at radius 3 is 2.69 bits per heavy atom. The number of halogens is 1. The molecule has 0 saturated heterocycles. The summed E-state index contributed by atoms with van der Waals surface area (Å²) in [5.74, 6) is 0.00794. The van der Waals surface area contributed by atoms with Gasteiger partial charge in [-0.05, 0) is 45.9 Å². The molecule has 16 heavy (non-hydrogen) atoms. The van der Waals surface area contributed by atoms with Crippen molar-refractivity contribution in [2.24, 2.45) is 0 Å². The van der Waals surface area contributed by atoms with E-state index in [2.05, 4.69) is 15.9 Å². The van der Waals surface area contributed by atoms with Gasteiger partial charge in [0.2, 0.25) is 5.78 Å². The highest BCUT2D eigenvalue weighted by atomic mass is 79.9. The van der Waals surface area contributed by atoms with Gasteiger partial charge in [-0.25, -0.2) is 0 Å². The second-order valence-corrected chi connectivity index (χ2v) is 5.27. The summed E-state index contributed by atoms with van der Waals surface area (Å²) in [6.07, 6.45) is 0. The second-order valence-electron chi connectivity index (χ2n) is 3.50. The average Bonchev–Trinajstić information content (AvgIpc) is 2.67. The maximum absolute atomic E-state index is 12.1. The lowest BCUT2D eigenvalue weighted by Crippen LogP contribution is -2.01. The van der Waals surface area contributed by atoms with E-state index in [0.717, 1.165) is 10.0 Å². The molecule has 0 unspecified atom stereocenters. The molecular weight excluding hydrogens is 286 g/mol. The Hall–Kier alpha value is -1.13. The van der Waals surface area contributed by atoms with E-state index in [1.54, 1.807) is 12.1 Å². The number of carbonyl (C=O) groups is 1. The molecule has 1 heterocycles. The minimum Gasteiger partial charge on any atom is -0.398 e. The molecule has 2 aromatic rings. The fourth-order valence-corrected chi connectivity index (χ4v) is 2.88. The van der Waals surface area contributed by atoms with Crippen molar-refractivity contribution < 1.29 is 4.79 Å². The summed E-state index contributed by atoms with van der Waals surface area (Å²) in [4.78, 5) is 12.8. The number of ketones is 1. The number of carbonyl (C=O) groups excluding carboxylic acids is 1. The molecule has 0 atom stereocenters. The van der Waals surface area contributed by atoms with Crippen molar-refractivity contribution in [3.05, 3.63) is 50.1 Å². The zero-order chi connectivity index (χ0) is 11.7. The number of hydrogen-bond acceptors (Lipinski definition) is 3. The third-order valence-electron chi connectivity index (χ3n) is 2.36. The van der Waals surface area contributed by atoms with Crippen LogP contribution in [0.15, 0.2) is 34.1 Å². The van der Waals surface area contributed by atoms with Crippen molar-refractivity contribution in [3.8, 4) is 0 Å². The van der Waals surface area contributed by atoms with Crippen LogP contribution < -0.4 is 5.73 Å². The molecule has 82 valence electrons. The van der Waals surface area contributed by atoms with Crippen molar-refractivity contribution in [2.45, 2.75) is 6.92 Å². The van der Waals surface area contributed by atoms with Crippen LogP contribution in [0.3, 0.4) is 0 Å². The molecule has 4 heteroatoms. The Bertz CT molecular complexity index is 548. The summed E-state index contributed by atoms with van der Waals surface area (Å²) in [7, 11) is 0. The van der Waals surface area contributed by atoms with Gasteiger partial charge in [-0.1, -0.05) is 12.1 Å². The van der Waals surface area contributed by atoms with Gasteiger partial charge in [0.15, 0.2) is 0 Å². The van der Waals surface area contributed by atoms with Gasteiger partial charge < -0.3 is 5.73 Å². The Morgan fingerprint density at radius 2 is 2.12 bits per heavy atom. The number of nitrogens with two attached hydrogens (primary N) is 1. The summed E-state index contributed by atoms with van der Waals surface area (Å²) in [5.41, 5.74) is 8.06. The number of rotatable bonds is 2. The maximum atomic E-state index is 12.1. The van der Waals surface area contributed by atoms with Gasteiger partial charge in [-0.2, -0.15) is 0 Å². The van der Waals surface area contributed by atoms with E-state index in [-0.39, 0.29) is 5.78 Å². The first-order valence-electron chi connectivity index (χ1n) is 4.73. The number of anilines is 1. The molecule has 0 aliphatic carbocycles. The van der Waals surface area contributed by atoms with Crippen LogP contribution >= 0.6 is 27.3 Å². The van der Waals surface area contributed by atoms with Crippen LogP contribution in [-0.2, 0) is 0 Å². The summed E-state index contributed by atoms with van der Waals surface area (Å²) < 4.78 is 0.835. The van der Waals surface area contributed by atoms with Crippen LogP contribution in [-0.4, -0.2) is 5.78 Å². The average molecular weight is 296 g/mol. The fourth-order valence-electron chi connectivity index (χ4n) is 1.37. The molecule has 0 saturated carbocycles. The fraction of sp³-hybridized carbons (Fsp3) is 0.0833. The number of nitrogen functional groups attached to an aromatic ring is 1. The lowest BCUT2D eigenvalue weighted by Gasteiger charge is -2.03. The van der Waals surface area contributed by atoms with Gasteiger partial charge in [0, 0.05) is 15.7 Å². The molecule has 0 bridgehead atoms. The molecule has 0 amide bonds. The van der Waals surface area contributed by atoms with Gasteiger partial charge in [-0.15, -0.1) is 11.3 Å². The molecule has 1 aromatic heterocycles. The quantitative estimate of drug-likeness (QED) is 0.679. The zero-order valence-electron chi connectivity index (χ0n) is 8.66. The third-order valence-corrected chi connectivity index (χ3v) is 4.20. The molecule has 0 radical (unpaired) electrons. The van der Waals surface area contributed by atoms with Crippen LogP contribution in [0.25, 0.3) is 0 Å². The first kappa shape index (κ1) is 11.4. The van der Waals surface area contributed by atoms with Crippen molar-refractivity contribution in [3.63, 3.8) is 0 Å². The minimum absolute atomic E-state index is 0.00794. The number of hydrogen-bond donors (Lipinski definition) is 1. The van der Waals surface area contributed by atoms with E-state index in [4.69, 9.17) is 5.73 Å². The highest BCUT2D eigenvalue weighted by Gasteiger charge is 2.14. The van der Waals surface area contributed by atoms with Gasteiger partial charge >= 0.3 is 0 Å². The Kier molecular flexibility index (Phi) is 3.12. The van der Waals surface area contributed by atoms with E-state index in [9.17, 15) is 4.79 Å². The van der Waals surface area contributed by atoms with E-state index in [1.165, 1.54) is 11.3 Å².